The smallest absolute Gasteiger partial charge is 0.254 e. The zero-order valence-electron chi connectivity index (χ0n) is 13.8. The van der Waals surface area contributed by atoms with E-state index in [0.29, 0.717) is 34.0 Å². The molecule has 3 rings (SSSR count). The third-order valence-electron chi connectivity index (χ3n) is 5.18. The number of fused-ring (bicyclic) bond motifs is 1. The van der Waals surface area contributed by atoms with Gasteiger partial charge in [-0.25, -0.2) is 0 Å². The topological polar surface area (TPSA) is 38.8 Å². The first-order valence-corrected chi connectivity index (χ1v) is 8.76. The highest BCUT2D eigenvalue weighted by atomic mass is 35.5. The van der Waals surface area contributed by atoms with Crippen LogP contribution in [0.5, 0.6) is 11.5 Å². The molecule has 0 aromatic heterocycles. The molecule has 0 bridgehead atoms. The molecule has 1 saturated heterocycles. The van der Waals surface area contributed by atoms with Crippen molar-refractivity contribution in [2.45, 2.75) is 44.6 Å². The molecule has 0 radical (unpaired) electrons. The van der Waals surface area contributed by atoms with E-state index in [4.69, 9.17) is 21.1 Å². The van der Waals surface area contributed by atoms with Gasteiger partial charge >= 0.3 is 0 Å². The minimum atomic E-state index is 0.0597. The van der Waals surface area contributed by atoms with E-state index in [0.717, 1.165) is 19.4 Å². The summed E-state index contributed by atoms with van der Waals surface area (Å²) in [6.07, 6.45) is 7.23. The summed E-state index contributed by atoms with van der Waals surface area (Å²) < 4.78 is 10.6. The van der Waals surface area contributed by atoms with Gasteiger partial charge in [-0.15, -0.1) is 0 Å². The van der Waals surface area contributed by atoms with Crippen LogP contribution < -0.4 is 9.47 Å². The Bertz CT molecular complexity index is 588. The predicted octanol–water partition coefficient (Wildman–Crippen LogP) is 4.15. The van der Waals surface area contributed by atoms with Crippen LogP contribution in [0.15, 0.2) is 12.1 Å². The third kappa shape index (κ3) is 3.14. The number of methoxy groups -OCH3 is 2. The van der Waals surface area contributed by atoms with E-state index in [-0.39, 0.29) is 5.91 Å². The van der Waals surface area contributed by atoms with E-state index in [2.05, 4.69) is 4.90 Å². The van der Waals surface area contributed by atoms with E-state index >= 15 is 0 Å². The van der Waals surface area contributed by atoms with Gasteiger partial charge in [0.1, 0.15) is 0 Å². The zero-order chi connectivity index (χ0) is 16.4. The number of nitrogens with zero attached hydrogens (tertiary/aromatic N) is 1. The Morgan fingerprint density at radius 3 is 2.61 bits per heavy atom. The maximum Gasteiger partial charge on any atom is 0.254 e. The van der Waals surface area contributed by atoms with Crippen LogP contribution in [0, 0.1) is 5.92 Å². The Kier molecular flexibility index (Phi) is 5.00. The number of likely N-dealkylation sites (tertiary alicyclic amines) is 1. The van der Waals surface area contributed by atoms with Crippen LogP contribution in [0.25, 0.3) is 0 Å². The van der Waals surface area contributed by atoms with E-state index in [1.807, 2.05) is 0 Å². The highest BCUT2D eigenvalue weighted by Crippen LogP contribution is 2.39. The molecule has 1 aromatic rings. The summed E-state index contributed by atoms with van der Waals surface area (Å²) in [7, 11) is 3.10. The molecule has 4 nitrogen and oxygen atoms in total. The second-order valence-electron chi connectivity index (χ2n) is 6.45. The van der Waals surface area contributed by atoms with Crippen LogP contribution in [-0.2, 0) is 0 Å². The lowest BCUT2D eigenvalue weighted by Crippen LogP contribution is -2.49. The molecule has 1 amide bonds. The molecule has 23 heavy (non-hydrogen) atoms. The van der Waals surface area contributed by atoms with Gasteiger partial charge in [0.25, 0.3) is 5.91 Å². The third-order valence-corrected chi connectivity index (χ3v) is 5.47. The lowest BCUT2D eigenvalue weighted by Gasteiger charge is -2.44. The zero-order valence-corrected chi connectivity index (χ0v) is 14.6. The van der Waals surface area contributed by atoms with Crippen molar-refractivity contribution in [2.75, 3.05) is 20.8 Å². The molecule has 1 aromatic carbocycles. The Morgan fingerprint density at radius 2 is 1.87 bits per heavy atom. The second-order valence-corrected chi connectivity index (χ2v) is 6.85. The van der Waals surface area contributed by atoms with Crippen LogP contribution in [-0.4, -0.2) is 37.6 Å². The van der Waals surface area contributed by atoms with Crippen LogP contribution in [0.4, 0.5) is 0 Å². The Balaban J connectivity index is 1.88. The van der Waals surface area contributed by atoms with E-state index in [1.54, 1.807) is 26.4 Å². The number of benzene rings is 1. The molecule has 0 spiro atoms. The highest BCUT2D eigenvalue weighted by molar-refractivity contribution is 6.32. The summed E-state index contributed by atoms with van der Waals surface area (Å²) in [6.45, 7) is 0.839. The molecular weight excluding hydrogens is 314 g/mol. The van der Waals surface area contributed by atoms with Gasteiger partial charge in [0, 0.05) is 18.2 Å². The number of hydrogen-bond donors (Lipinski definition) is 0. The van der Waals surface area contributed by atoms with Gasteiger partial charge in [0.05, 0.1) is 19.2 Å². The number of carbonyl (C=O) groups is 1. The number of amides is 1. The molecule has 0 unspecified atom stereocenters. The lowest BCUT2D eigenvalue weighted by molar-refractivity contribution is 0.0390. The predicted molar refractivity (Wildman–Crippen MR) is 90.6 cm³/mol. The number of ether oxygens (including phenoxy) is 2. The first-order valence-electron chi connectivity index (χ1n) is 8.38. The maximum atomic E-state index is 13.0. The minimum absolute atomic E-state index is 0.0597. The summed E-state index contributed by atoms with van der Waals surface area (Å²) in [5, 5.41) is 0.410. The number of halogens is 1. The van der Waals surface area contributed by atoms with Crippen LogP contribution in [0.1, 0.15) is 48.9 Å². The fourth-order valence-corrected chi connectivity index (χ4v) is 4.37. The standard InChI is InChI=1S/C18H24ClNO3/c1-22-16-11-13(10-14(19)17(16)23-2)18(21)20-9-5-7-12-6-3-4-8-15(12)20/h10-12,15H,3-9H2,1-2H3/t12-,15+/m1/s1. The Hall–Kier alpha value is -1.42. The van der Waals surface area contributed by atoms with Gasteiger partial charge in [-0.1, -0.05) is 24.4 Å². The van der Waals surface area contributed by atoms with Crippen molar-refractivity contribution < 1.29 is 14.3 Å². The molecule has 1 aliphatic heterocycles. The number of carbonyl (C=O) groups excluding carboxylic acids is 1. The average Bonchev–Trinajstić information content (AvgIpc) is 2.59. The second kappa shape index (κ2) is 7.00. The minimum Gasteiger partial charge on any atom is -0.493 e. The van der Waals surface area contributed by atoms with Crippen molar-refractivity contribution in [3.63, 3.8) is 0 Å². The van der Waals surface area contributed by atoms with Crippen LogP contribution >= 0.6 is 11.6 Å². The number of rotatable bonds is 3. The van der Waals surface area contributed by atoms with Gasteiger partial charge in [-0.2, -0.15) is 0 Å². The summed E-state index contributed by atoms with van der Waals surface area (Å²) in [5.74, 6) is 1.70. The molecule has 0 N–H and O–H groups in total. The van der Waals surface area contributed by atoms with Gasteiger partial charge in [-0.05, 0) is 43.7 Å². The highest BCUT2D eigenvalue weighted by Gasteiger charge is 2.36. The van der Waals surface area contributed by atoms with Crippen molar-refractivity contribution in [1.29, 1.82) is 0 Å². The quantitative estimate of drug-likeness (QED) is 0.831. The molecule has 1 saturated carbocycles. The van der Waals surface area contributed by atoms with Crippen molar-refractivity contribution in [1.82, 2.24) is 4.90 Å². The van der Waals surface area contributed by atoms with Gasteiger partial charge in [-0.3, -0.25) is 4.79 Å². The van der Waals surface area contributed by atoms with Gasteiger partial charge in [0.15, 0.2) is 11.5 Å². The molecule has 126 valence electrons. The van der Waals surface area contributed by atoms with Crippen molar-refractivity contribution in [2.24, 2.45) is 5.92 Å². The van der Waals surface area contributed by atoms with Crippen LogP contribution in [0.3, 0.4) is 0 Å². The van der Waals surface area contributed by atoms with Crippen LogP contribution in [0.2, 0.25) is 5.02 Å². The molecular formula is C18H24ClNO3. The lowest BCUT2D eigenvalue weighted by atomic mass is 9.78. The Labute approximate surface area is 142 Å². The fourth-order valence-electron chi connectivity index (χ4n) is 4.08. The molecule has 1 heterocycles. The average molecular weight is 338 g/mol. The molecule has 2 atom stereocenters. The van der Waals surface area contributed by atoms with Crippen molar-refractivity contribution in [3.05, 3.63) is 22.7 Å². The summed E-state index contributed by atoms with van der Waals surface area (Å²) >= 11 is 6.26. The van der Waals surface area contributed by atoms with E-state index < -0.39 is 0 Å². The first-order chi connectivity index (χ1) is 11.2. The number of hydrogen-bond acceptors (Lipinski definition) is 3. The van der Waals surface area contributed by atoms with Crippen molar-refractivity contribution >= 4 is 17.5 Å². The first kappa shape index (κ1) is 16.4. The summed E-state index contributed by atoms with van der Waals surface area (Å²) in [4.78, 5) is 15.1. The Morgan fingerprint density at radius 1 is 1.13 bits per heavy atom. The summed E-state index contributed by atoms with van der Waals surface area (Å²) in [5.41, 5.74) is 0.582. The fraction of sp³-hybridized carbons (Fsp3) is 0.611. The normalized spacial score (nSPS) is 24.0. The largest absolute Gasteiger partial charge is 0.493 e. The monoisotopic (exact) mass is 337 g/mol. The van der Waals surface area contributed by atoms with E-state index in [1.165, 1.54) is 25.7 Å². The number of piperidine rings is 1. The maximum absolute atomic E-state index is 13.0. The molecule has 2 aliphatic rings. The molecule has 2 fully saturated rings. The summed E-state index contributed by atoms with van der Waals surface area (Å²) in [6, 6.07) is 3.81. The van der Waals surface area contributed by atoms with E-state index in [9.17, 15) is 4.79 Å². The van der Waals surface area contributed by atoms with Gasteiger partial charge in [0.2, 0.25) is 0 Å². The SMILES string of the molecule is COc1cc(C(=O)N2CCC[C@H]3CCCC[C@@H]32)cc(Cl)c1OC. The van der Waals surface area contributed by atoms with Gasteiger partial charge < -0.3 is 14.4 Å². The molecule has 5 heteroatoms. The molecule has 1 aliphatic carbocycles. The van der Waals surface area contributed by atoms with Crippen molar-refractivity contribution in [3.8, 4) is 11.5 Å².